The van der Waals surface area contributed by atoms with Crippen molar-refractivity contribution in [2.75, 3.05) is 7.11 Å². The number of fused-ring (bicyclic) bond motifs is 1. The van der Waals surface area contributed by atoms with E-state index in [1.165, 1.54) is 0 Å². The molecule has 142 valence electrons. The molecule has 0 unspecified atom stereocenters. The summed E-state index contributed by atoms with van der Waals surface area (Å²) in [6.07, 6.45) is 3.66. The average molecular weight is 382 g/mol. The predicted octanol–water partition coefficient (Wildman–Crippen LogP) is 5.20. The van der Waals surface area contributed by atoms with E-state index in [-0.39, 0.29) is 11.3 Å². The third-order valence-corrected chi connectivity index (χ3v) is 4.66. The van der Waals surface area contributed by atoms with E-state index >= 15 is 0 Å². The molecule has 0 fully saturated rings. The highest BCUT2D eigenvalue weighted by molar-refractivity contribution is 6.13. The van der Waals surface area contributed by atoms with E-state index in [0.717, 1.165) is 5.56 Å². The molecule has 0 saturated carbocycles. The minimum atomic E-state index is -0.674. The minimum absolute atomic E-state index is 0.0149. The van der Waals surface area contributed by atoms with E-state index in [4.69, 9.17) is 9.15 Å². The van der Waals surface area contributed by atoms with Crippen LogP contribution in [0.2, 0.25) is 0 Å². The normalized spacial score (nSPS) is 11.1. The Morgan fingerprint density at radius 1 is 0.897 bits per heavy atom. The van der Waals surface area contributed by atoms with Crippen LogP contribution in [0, 0.1) is 0 Å². The van der Waals surface area contributed by atoms with Crippen molar-refractivity contribution in [2.45, 2.75) is 0 Å². The van der Waals surface area contributed by atoms with E-state index in [0.29, 0.717) is 27.8 Å². The van der Waals surface area contributed by atoms with Crippen LogP contribution in [-0.2, 0) is 0 Å². The quantitative estimate of drug-likeness (QED) is 0.351. The highest BCUT2D eigenvalue weighted by atomic mass is 16.5. The van der Waals surface area contributed by atoms with Gasteiger partial charge in [-0.05, 0) is 17.7 Å². The Labute approximate surface area is 167 Å². The van der Waals surface area contributed by atoms with Gasteiger partial charge in [0.25, 0.3) is 0 Å². The molecular weight excluding hydrogens is 364 g/mol. The van der Waals surface area contributed by atoms with Gasteiger partial charge in [0.05, 0.1) is 7.11 Å². The Morgan fingerprint density at radius 2 is 1.59 bits per heavy atom. The van der Waals surface area contributed by atoms with Gasteiger partial charge in [-0.1, -0.05) is 72.8 Å². The molecule has 0 N–H and O–H groups in total. The van der Waals surface area contributed by atoms with Crippen molar-refractivity contribution < 1.29 is 13.9 Å². The van der Waals surface area contributed by atoms with Gasteiger partial charge in [-0.25, -0.2) is 4.79 Å². The summed E-state index contributed by atoms with van der Waals surface area (Å²) in [5, 5.41) is 0.664. The number of hydrogen-bond acceptors (Lipinski definition) is 4. The van der Waals surface area contributed by atoms with Gasteiger partial charge in [0, 0.05) is 22.6 Å². The van der Waals surface area contributed by atoms with Gasteiger partial charge < -0.3 is 9.15 Å². The zero-order valence-corrected chi connectivity index (χ0v) is 15.8. The number of hydrogen-bond donors (Lipinski definition) is 0. The maximum atomic E-state index is 13.1. The Hall–Kier alpha value is -3.92. The monoisotopic (exact) mass is 382 g/mol. The van der Waals surface area contributed by atoms with Crippen molar-refractivity contribution in [2.24, 2.45) is 0 Å². The van der Waals surface area contributed by atoms with E-state index in [9.17, 15) is 9.59 Å². The van der Waals surface area contributed by atoms with E-state index < -0.39 is 5.63 Å². The third kappa shape index (κ3) is 3.73. The van der Waals surface area contributed by atoms with E-state index in [2.05, 4.69) is 0 Å². The van der Waals surface area contributed by atoms with Crippen LogP contribution in [0.15, 0.2) is 88.1 Å². The Kier molecular flexibility index (Phi) is 5.08. The highest BCUT2D eigenvalue weighted by Crippen LogP contribution is 2.27. The number of carbonyl (C=O) groups is 1. The second-order valence-corrected chi connectivity index (χ2v) is 6.48. The molecule has 4 aromatic rings. The molecule has 3 aromatic carbocycles. The number of benzene rings is 3. The number of carbonyl (C=O) groups excluding carboxylic acids is 1. The lowest BCUT2D eigenvalue weighted by molar-refractivity contribution is 0.103. The fourth-order valence-corrected chi connectivity index (χ4v) is 3.20. The molecule has 1 heterocycles. The third-order valence-electron chi connectivity index (χ3n) is 4.66. The van der Waals surface area contributed by atoms with Crippen LogP contribution in [-0.4, -0.2) is 12.9 Å². The molecule has 4 rings (SSSR count). The topological polar surface area (TPSA) is 56.5 Å². The summed E-state index contributed by atoms with van der Waals surface area (Å²) in [6, 6.07) is 23.6. The molecule has 0 radical (unpaired) electrons. The van der Waals surface area contributed by atoms with Crippen molar-refractivity contribution in [3.8, 4) is 5.75 Å². The number of ketones is 1. The van der Waals surface area contributed by atoms with Gasteiger partial charge in [-0.15, -0.1) is 0 Å². The fourth-order valence-electron chi connectivity index (χ4n) is 3.20. The zero-order chi connectivity index (χ0) is 20.2. The van der Waals surface area contributed by atoms with Crippen LogP contribution in [0.5, 0.6) is 5.75 Å². The zero-order valence-electron chi connectivity index (χ0n) is 15.8. The van der Waals surface area contributed by atoms with Crippen LogP contribution in [0.25, 0.3) is 23.1 Å². The standard InChI is InChI=1S/C25H18O4/c1-28-19-13-15-20-21(14-12-17-8-4-2-5-9-17)23(25(27)29-22(20)16-19)24(26)18-10-6-3-7-11-18/h2-16H,1H3/b14-12+. The first-order valence-corrected chi connectivity index (χ1v) is 9.15. The summed E-state index contributed by atoms with van der Waals surface area (Å²) < 4.78 is 10.7. The first-order chi connectivity index (χ1) is 14.2. The SMILES string of the molecule is COc1ccc2c(/C=C/c3ccccc3)c(C(=O)c3ccccc3)c(=O)oc2c1. The number of methoxy groups -OCH3 is 1. The van der Waals surface area contributed by atoms with Crippen molar-refractivity contribution in [3.63, 3.8) is 0 Å². The molecular formula is C25H18O4. The second kappa shape index (κ2) is 7.98. The van der Waals surface area contributed by atoms with Crippen LogP contribution >= 0.6 is 0 Å². The van der Waals surface area contributed by atoms with E-state index in [1.807, 2.05) is 42.5 Å². The lowest BCUT2D eigenvalue weighted by Gasteiger charge is -2.09. The molecule has 4 nitrogen and oxygen atoms in total. The lowest BCUT2D eigenvalue weighted by Crippen LogP contribution is -2.17. The summed E-state index contributed by atoms with van der Waals surface area (Å²) in [7, 11) is 1.54. The van der Waals surface area contributed by atoms with Gasteiger partial charge in [-0.3, -0.25) is 4.79 Å². The molecule has 0 saturated heterocycles. The first kappa shape index (κ1) is 18.4. The largest absolute Gasteiger partial charge is 0.497 e. The number of rotatable bonds is 5. The summed E-state index contributed by atoms with van der Waals surface area (Å²) in [4.78, 5) is 26.0. The first-order valence-electron chi connectivity index (χ1n) is 9.15. The molecule has 29 heavy (non-hydrogen) atoms. The fraction of sp³-hybridized carbons (Fsp3) is 0.0400. The van der Waals surface area contributed by atoms with Gasteiger partial charge in [0.15, 0.2) is 0 Å². The predicted molar refractivity (Wildman–Crippen MR) is 114 cm³/mol. The Morgan fingerprint density at radius 3 is 2.28 bits per heavy atom. The highest BCUT2D eigenvalue weighted by Gasteiger charge is 2.21. The number of ether oxygens (including phenoxy) is 1. The van der Waals surface area contributed by atoms with Gasteiger partial charge in [0.2, 0.25) is 5.78 Å². The van der Waals surface area contributed by atoms with Crippen molar-refractivity contribution in [1.82, 2.24) is 0 Å². The van der Waals surface area contributed by atoms with E-state index in [1.54, 1.807) is 55.7 Å². The van der Waals surface area contributed by atoms with Crippen LogP contribution in [0.3, 0.4) is 0 Å². The van der Waals surface area contributed by atoms with Crippen LogP contribution < -0.4 is 10.4 Å². The van der Waals surface area contributed by atoms with Crippen LogP contribution in [0.1, 0.15) is 27.0 Å². The van der Waals surface area contributed by atoms with Crippen molar-refractivity contribution in [3.05, 3.63) is 112 Å². The Bertz CT molecular complexity index is 1250. The van der Waals surface area contributed by atoms with Gasteiger partial charge in [-0.2, -0.15) is 0 Å². The second-order valence-electron chi connectivity index (χ2n) is 6.48. The Balaban J connectivity index is 1.96. The summed E-state index contributed by atoms with van der Waals surface area (Å²) >= 11 is 0. The lowest BCUT2D eigenvalue weighted by atomic mass is 9.96. The van der Waals surface area contributed by atoms with Crippen molar-refractivity contribution in [1.29, 1.82) is 0 Å². The molecule has 0 bridgehead atoms. The van der Waals surface area contributed by atoms with Gasteiger partial charge in [0.1, 0.15) is 16.9 Å². The molecule has 0 aliphatic heterocycles. The molecule has 0 spiro atoms. The molecule has 0 atom stereocenters. The molecule has 0 aliphatic rings. The molecule has 0 amide bonds. The summed E-state index contributed by atoms with van der Waals surface area (Å²) in [5.41, 5.74) is 1.62. The smallest absolute Gasteiger partial charge is 0.348 e. The molecule has 4 heteroatoms. The maximum Gasteiger partial charge on any atom is 0.348 e. The molecule has 0 aliphatic carbocycles. The minimum Gasteiger partial charge on any atom is -0.497 e. The average Bonchev–Trinajstić information content (AvgIpc) is 2.77. The maximum absolute atomic E-state index is 13.1. The summed E-state index contributed by atoms with van der Waals surface area (Å²) in [5.74, 6) is 0.200. The molecule has 1 aromatic heterocycles. The van der Waals surface area contributed by atoms with Gasteiger partial charge >= 0.3 is 5.63 Å². The van der Waals surface area contributed by atoms with Crippen LogP contribution in [0.4, 0.5) is 0 Å². The van der Waals surface area contributed by atoms with Crippen molar-refractivity contribution >= 4 is 28.9 Å². The summed E-state index contributed by atoms with van der Waals surface area (Å²) in [6.45, 7) is 0.